The summed E-state index contributed by atoms with van der Waals surface area (Å²) >= 11 is 8.90. The van der Waals surface area contributed by atoms with Crippen LogP contribution in [0.1, 0.15) is 10.7 Å². The number of thioether (sulfide) groups is 1. The highest BCUT2D eigenvalue weighted by Crippen LogP contribution is 2.24. The number of nitrogens with one attached hydrogen (secondary N) is 3. The van der Waals surface area contributed by atoms with Gasteiger partial charge in [-0.15, -0.1) is 15.2 Å². The second kappa shape index (κ2) is 8.30. The first-order valence-corrected chi connectivity index (χ1v) is 9.61. The molecule has 0 unspecified atom stereocenters. The second-order valence-electron chi connectivity index (χ2n) is 5.14. The molecular weight excluding hydrogens is 394 g/mol. The maximum atomic E-state index is 11.9. The zero-order valence-corrected chi connectivity index (χ0v) is 16.0. The molecule has 8 nitrogen and oxygen atoms in total. The largest absolute Gasteiger partial charge is 0.325 e. The highest BCUT2D eigenvalue weighted by molar-refractivity contribution is 8.00. The maximum absolute atomic E-state index is 11.9. The molecule has 0 amide bonds. The molecule has 26 heavy (non-hydrogen) atoms. The molecule has 0 radical (unpaired) electrons. The maximum Gasteiger partial charge on any atom is 0.325 e. The summed E-state index contributed by atoms with van der Waals surface area (Å²) < 4.78 is 0.827. The Kier molecular flexibility index (Phi) is 5.86. The lowest BCUT2D eigenvalue weighted by Crippen LogP contribution is -2.73. The number of rotatable bonds is 5. The lowest BCUT2D eigenvalue weighted by Gasteiger charge is -2.02. The van der Waals surface area contributed by atoms with Crippen LogP contribution in [-0.2, 0) is 5.75 Å². The summed E-state index contributed by atoms with van der Waals surface area (Å²) in [6, 6.07) is 8.53. The van der Waals surface area contributed by atoms with Crippen molar-refractivity contribution >= 4 is 52.3 Å². The number of nitrogens with two attached hydrogens (primary N) is 1. The first-order chi connectivity index (χ1) is 12.5. The normalized spacial score (nSPS) is 11.5. The monoisotopic (exact) mass is 408 g/mol. The van der Waals surface area contributed by atoms with E-state index in [1.54, 1.807) is 18.2 Å². The average Bonchev–Trinajstić information content (AvgIpc) is 2.98. The van der Waals surface area contributed by atoms with Gasteiger partial charge in [0.2, 0.25) is 0 Å². The number of anilines is 1. The summed E-state index contributed by atoms with van der Waals surface area (Å²) in [6.07, 6.45) is 0. The fraction of sp³-hybridized carbons (Fsp3) is 0.133. The van der Waals surface area contributed by atoms with Crippen molar-refractivity contribution in [2.24, 2.45) is 5.73 Å². The van der Waals surface area contributed by atoms with Crippen LogP contribution in [0.4, 0.5) is 11.6 Å². The highest BCUT2D eigenvalue weighted by atomic mass is 35.5. The second-order valence-corrected chi connectivity index (χ2v) is 7.98. The van der Waals surface area contributed by atoms with E-state index >= 15 is 0 Å². The van der Waals surface area contributed by atoms with Gasteiger partial charge in [-0.2, -0.15) is 0 Å². The van der Waals surface area contributed by atoms with Crippen LogP contribution in [0.3, 0.4) is 0 Å². The SMILES string of the molecule is Cc1nnc(SCc2cc(=O)[nH]c([NH+]=C(N)Nc3cccc(Cl)c3)n2)s1. The van der Waals surface area contributed by atoms with Crippen LogP contribution >= 0.6 is 34.7 Å². The minimum absolute atomic E-state index is 0.208. The molecular formula is C15H15ClN7OS2+. The minimum atomic E-state index is -0.276. The number of nitrogens with zero attached hydrogens (tertiary/aromatic N) is 3. The van der Waals surface area contributed by atoms with Gasteiger partial charge in [0.05, 0.1) is 11.4 Å². The van der Waals surface area contributed by atoms with Gasteiger partial charge in [-0.25, -0.2) is 9.98 Å². The van der Waals surface area contributed by atoms with Crippen molar-refractivity contribution in [3.8, 4) is 0 Å². The van der Waals surface area contributed by atoms with E-state index in [9.17, 15) is 4.79 Å². The van der Waals surface area contributed by atoms with E-state index in [0.29, 0.717) is 22.2 Å². The molecule has 0 aliphatic carbocycles. The number of hydrogen-bond acceptors (Lipinski definition) is 6. The lowest BCUT2D eigenvalue weighted by molar-refractivity contribution is -0.365. The van der Waals surface area contributed by atoms with E-state index < -0.39 is 0 Å². The number of benzene rings is 1. The Morgan fingerprint density at radius 2 is 2.27 bits per heavy atom. The predicted octanol–water partition coefficient (Wildman–Crippen LogP) is 1.01. The molecule has 0 spiro atoms. The van der Waals surface area contributed by atoms with Crippen molar-refractivity contribution < 1.29 is 4.99 Å². The van der Waals surface area contributed by atoms with Gasteiger partial charge in [0.15, 0.2) is 4.34 Å². The smallest absolute Gasteiger partial charge is 0.322 e. The van der Waals surface area contributed by atoms with Crippen LogP contribution in [0.15, 0.2) is 39.5 Å². The zero-order chi connectivity index (χ0) is 18.5. The van der Waals surface area contributed by atoms with E-state index in [2.05, 4.69) is 30.5 Å². The first kappa shape index (κ1) is 18.4. The lowest BCUT2D eigenvalue weighted by atomic mass is 10.3. The van der Waals surface area contributed by atoms with Crippen molar-refractivity contribution in [3.63, 3.8) is 0 Å². The quantitative estimate of drug-likeness (QED) is 0.282. The molecule has 0 saturated carbocycles. The first-order valence-electron chi connectivity index (χ1n) is 7.43. The van der Waals surface area contributed by atoms with Crippen LogP contribution in [-0.4, -0.2) is 26.1 Å². The van der Waals surface area contributed by atoms with Gasteiger partial charge in [0.25, 0.3) is 11.5 Å². The van der Waals surface area contributed by atoms with E-state index in [0.717, 1.165) is 9.35 Å². The third-order valence-electron chi connectivity index (χ3n) is 3.00. The number of aromatic amines is 1. The summed E-state index contributed by atoms with van der Waals surface area (Å²) in [5, 5.41) is 12.4. The standard InChI is InChI=1S/C15H14ClN7OS2/c1-8-22-23-15(26-8)25-7-11-6-12(24)20-14(19-11)21-13(17)18-10-4-2-3-9(16)5-10/h2-6H,7H2,1H3,(H4,17,18,19,20,21,24)/p+1. The van der Waals surface area contributed by atoms with Crippen molar-refractivity contribution in [2.45, 2.75) is 17.0 Å². The molecule has 3 rings (SSSR count). The Labute approximate surface area is 162 Å². The summed E-state index contributed by atoms with van der Waals surface area (Å²) in [7, 11) is 0. The molecule has 3 aromatic rings. The van der Waals surface area contributed by atoms with Gasteiger partial charge in [-0.3, -0.25) is 10.1 Å². The summed E-state index contributed by atoms with van der Waals surface area (Å²) in [6.45, 7) is 1.89. The molecule has 5 N–H and O–H groups in total. The van der Waals surface area contributed by atoms with E-state index in [4.69, 9.17) is 17.3 Å². The Morgan fingerprint density at radius 1 is 1.42 bits per heavy atom. The summed E-state index contributed by atoms with van der Waals surface area (Å²) in [5.74, 6) is 0.947. The predicted molar refractivity (Wildman–Crippen MR) is 104 cm³/mol. The Morgan fingerprint density at radius 3 is 3.00 bits per heavy atom. The van der Waals surface area contributed by atoms with Gasteiger partial charge in [-0.1, -0.05) is 40.8 Å². The summed E-state index contributed by atoms with van der Waals surface area (Å²) in [5.41, 5.74) is 6.96. The Balaban J connectivity index is 1.72. The molecule has 0 saturated heterocycles. The molecule has 0 fully saturated rings. The molecule has 11 heteroatoms. The molecule has 134 valence electrons. The van der Waals surface area contributed by atoms with Gasteiger partial charge >= 0.3 is 5.95 Å². The van der Waals surface area contributed by atoms with Gasteiger partial charge < -0.3 is 5.73 Å². The molecule has 0 aliphatic heterocycles. The fourth-order valence-electron chi connectivity index (χ4n) is 1.99. The molecule has 2 aromatic heterocycles. The molecule has 0 bridgehead atoms. The third-order valence-corrected chi connectivity index (χ3v) is 5.24. The Bertz CT molecular complexity index is 1000. The number of aromatic nitrogens is 4. The number of H-pyrrole nitrogens is 1. The van der Waals surface area contributed by atoms with Crippen LogP contribution in [0.2, 0.25) is 5.02 Å². The topological polar surface area (TPSA) is 124 Å². The molecule has 2 heterocycles. The Hall–Kier alpha value is -2.43. The van der Waals surface area contributed by atoms with Crippen molar-refractivity contribution in [2.75, 3.05) is 5.32 Å². The minimum Gasteiger partial charge on any atom is -0.322 e. The van der Waals surface area contributed by atoms with Crippen LogP contribution < -0.4 is 21.6 Å². The van der Waals surface area contributed by atoms with Gasteiger partial charge in [0.1, 0.15) is 10.7 Å². The number of guanidine groups is 1. The van der Waals surface area contributed by atoms with Crippen LogP contribution in [0, 0.1) is 6.92 Å². The van der Waals surface area contributed by atoms with Crippen LogP contribution in [0.25, 0.3) is 0 Å². The van der Waals surface area contributed by atoms with Crippen molar-refractivity contribution in [3.05, 3.63) is 56.4 Å². The average molecular weight is 409 g/mol. The van der Waals surface area contributed by atoms with Gasteiger partial charge in [0, 0.05) is 11.1 Å². The van der Waals surface area contributed by atoms with Crippen molar-refractivity contribution in [1.82, 2.24) is 20.2 Å². The van der Waals surface area contributed by atoms with E-state index in [-0.39, 0.29) is 17.5 Å². The van der Waals surface area contributed by atoms with E-state index in [1.807, 2.05) is 13.0 Å². The fourth-order valence-corrected chi connectivity index (χ4v) is 3.89. The summed E-state index contributed by atoms with van der Waals surface area (Å²) in [4.78, 5) is 21.6. The molecule has 0 aliphatic rings. The highest BCUT2D eigenvalue weighted by Gasteiger charge is 2.09. The number of aryl methyl sites for hydroxylation is 1. The zero-order valence-electron chi connectivity index (χ0n) is 13.6. The van der Waals surface area contributed by atoms with Gasteiger partial charge in [-0.05, 0) is 25.1 Å². The van der Waals surface area contributed by atoms with Crippen LogP contribution in [0.5, 0.6) is 0 Å². The molecule has 1 aromatic carbocycles. The third kappa shape index (κ3) is 5.28. The van der Waals surface area contributed by atoms with E-state index in [1.165, 1.54) is 29.2 Å². The van der Waals surface area contributed by atoms with Crippen molar-refractivity contribution in [1.29, 1.82) is 0 Å². The number of hydrogen-bond donors (Lipinski definition) is 4. The molecule has 0 atom stereocenters. The number of halogens is 1.